The van der Waals surface area contributed by atoms with E-state index in [1.165, 1.54) is 0 Å². The van der Waals surface area contributed by atoms with Crippen LogP contribution in [0.15, 0.2) is 121 Å². The molecule has 0 saturated heterocycles. The summed E-state index contributed by atoms with van der Waals surface area (Å²) in [6, 6.07) is 38.1. The van der Waals surface area contributed by atoms with E-state index in [-0.39, 0.29) is 0 Å². The number of nitrogens with zero attached hydrogens (tertiary/aromatic N) is 3. The number of hydrogen-bond donors (Lipinski definition) is 0. The zero-order valence-electron chi connectivity index (χ0n) is 33.1. The highest BCUT2D eigenvalue weighted by Crippen LogP contribution is 2.31. The Balaban J connectivity index is 0.914. The fraction of sp³-hybridized carbons (Fsp3) is 0.271. The molecule has 0 amide bonds. The molecule has 7 aromatic rings. The number of benzene rings is 4. The summed E-state index contributed by atoms with van der Waals surface area (Å²) in [5.41, 5.74) is 8.08. The van der Waals surface area contributed by atoms with Crippen molar-refractivity contribution in [2.45, 2.75) is 6.92 Å². The second kappa shape index (κ2) is 20.0. The minimum atomic E-state index is 0.406. The molecule has 12 bridgehead atoms. The lowest BCUT2D eigenvalue weighted by atomic mass is 10.1. The van der Waals surface area contributed by atoms with E-state index < -0.39 is 0 Å². The Kier molecular flexibility index (Phi) is 13.5. The Morgan fingerprint density at radius 1 is 0.390 bits per heavy atom. The first kappa shape index (κ1) is 39.7. The van der Waals surface area contributed by atoms with Crippen molar-refractivity contribution >= 4 is 21.8 Å². The van der Waals surface area contributed by atoms with Crippen molar-refractivity contribution in [3.8, 4) is 56.8 Å². The van der Waals surface area contributed by atoms with Crippen LogP contribution in [0, 0.1) is 6.92 Å². The minimum absolute atomic E-state index is 0.406. The highest BCUT2D eigenvalue weighted by Gasteiger charge is 2.11. The van der Waals surface area contributed by atoms with E-state index in [2.05, 4.69) is 29.2 Å². The Bertz CT molecular complexity index is 2440. The highest BCUT2D eigenvalue weighted by molar-refractivity contribution is 6.04. The highest BCUT2D eigenvalue weighted by atomic mass is 16.6. The molecule has 3 aliphatic rings. The summed E-state index contributed by atoms with van der Waals surface area (Å²) in [6.07, 6.45) is 1.82. The number of ether oxygens (including phenoxy) is 8. The third-order valence-electron chi connectivity index (χ3n) is 9.72. The van der Waals surface area contributed by atoms with Gasteiger partial charge in [0.05, 0.1) is 81.0 Å². The van der Waals surface area contributed by atoms with E-state index in [4.69, 9.17) is 47.9 Å². The normalized spacial score (nSPS) is 15.3. The molecule has 0 aliphatic carbocycles. The molecule has 3 aromatic heterocycles. The summed E-state index contributed by atoms with van der Waals surface area (Å²) in [6.45, 7) is 7.24. The molecule has 59 heavy (non-hydrogen) atoms. The van der Waals surface area contributed by atoms with Crippen molar-refractivity contribution < 1.29 is 37.9 Å². The van der Waals surface area contributed by atoms with Crippen molar-refractivity contribution in [2.24, 2.45) is 0 Å². The predicted molar refractivity (Wildman–Crippen MR) is 228 cm³/mol. The lowest BCUT2D eigenvalue weighted by Gasteiger charge is -2.12. The largest absolute Gasteiger partial charge is 0.491 e. The monoisotopic (exact) mass is 793 g/mol. The molecule has 11 nitrogen and oxygen atoms in total. The van der Waals surface area contributed by atoms with Gasteiger partial charge in [0, 0.05) is 45.3 Å². The zero-order valence-corrected chi connectivity index (χ0v) is 33.1. The van der Waals surface area contributed by atoms with Crippen LogP contribution in [0.2, 0.25) is 0 Å². The van der Waals surface area contributed by atoms with Gasteiger partial charge in [0.15, 0.2) is 0 Å². The standard InChI is InChI=1S/C48H47N3O8/c1-34-33-49-45-32-46(34)59-30-26-55-22-21-53-24-28-57-41-15-9-36(10-16-41)44-18-12-38-6-5-37-11-17-43(50-47(37)48(38)51-44)35-7-13-40(14-8-35)56-27-23-52-19-20-54-25-29-58-42-4-2-3-39(45)31-42/h2-18,31-33H,19-30H2,1H3. The zero-order chi connectivity index (χ0) is 40.1. The number of rotatable bonds is 0. The van der Waals surface area contributed by atoms with Crippen molar-refractivity contribution in [1.29, 1.82) is 0 Å². The summed E-state index contributed by atoms with van der Waals surface area (Å²) in [5.74, 6) is 3.02. The molecule has 0 atom stereocenters. The Morgan fingerprint density at radius 3 is 1.37 bits per heavy atom. The molecule has 3 aliphatic heterocycles. The van der Waals surface area contributed by atoms with Crippen molar-refractivity contribution in [3.63, 3.8) is 0 Å². The number of hydrogen-bond acceptors (Lipinski definition) is 11. The third-order valence-corrected chi connectivity index (χ3v) is 9.72. The molecule has 0 saturated carbocycles. The van der Waals surface area contributed by atoms with E-state index in [1.54, 1.807) is 0 Å². The Morgan fingerprint density at radius 2 is 0.847 bits per heavy atom. The summed E-state index contributed by atoms with van der Waals surface area (Å²) in [4.78, 5) is 14.8. The van der Waals surface area contributed by atoms with Crippen LogP contribution in [0.4, 0.5) is 0 Å². The van der Waals surface area contributed by atoms with Gasteiger partial charge < -0.3 is 37.9 Å². The van der Waals surface area contributed by atoms with Crippen molar-refractivity contribution in [2.75, 3.05) is 79.3 Å². The topological polar surface area (TPSA) is 113 Å². The molecule has 0 fully saturated rings. The maximum absolute atomic E-state index is 6.05. The first-order valence-electron chi connectivity index (χ1n) is 20.0. The predicted octanol–water partition coefficient (Wildman–Crippen LogP) is 8.78. The number of aryl methyl sites for hydroxylation is 1. The SMILES string of the molecule is Cc1cnc2cc1OCCOCCOCCOc1ccc(cc1)-c1ccc3ccc4ccc(nc4c3n1)-c1ccc(cc1)OCCOCCOCCOc1cccc-2c1. The van der Waals surface area contributed by atoms with Gasteiger partial charge >= 0.3 is 0 Å². The van der Waals surface area contributed by atoms with Gasteiger partial charge in [0.25, 0.3) is 0 Å². The van der Waals surface area contributed by atoms with Gasteiger partial charge in [-0.3, -0.25) is 4.98 Å². The lowest BCUT2D eigenvalue weighted by molar-refractivity contribution is 0.0273. The maximum atomic E-state index is 6.05. The van der Waals surface area contributed by atoms with Gasteiger partial charge in [-0.25, -0.2) is 9.97 Å². The third kappa shape index (κ3) is 10.7. The van der Waals surface area contributed by atoms with E-state index in [1.807, 2.05) is 104 Å². The molecular weight excluding hydrogens is 747 g/mol. The molecule has 0 N–H and O–H groups in total. The molecular formula is C48H47N3O8. The summed E-state index contributed by atoms with van der Waals surface area (Å²) >= 11 is 0. The summed E-state index contributed by atoms with van der Waals surface area (Å²) < 4.78 is 46.8. The van der Waals surface area contributed by atoms with Gasteiger partial charge in [-0.1, -0.05) is 36.4 Å². The van der Waals surface area contributed by atoms with Gasteiger partial charge in [-0.05, 0) is 79.7 Å². The maximum Gasteiger partial charge on any atom is 0.126 e. The van der Waals surface area contributed by atoms with Gasteiger partial charge in [-0.2, -0.15) is 0 Å². The number of aromatic nitrogens is 3. The Hall–Kier alpha value is -6.11. The van der Waals surface area contributed by atoms with E-state index in [9.17, 15) is 0 Å². The van der Waals surface area contributed by atoms with E-state index in [0.29, 0.717) is 79.3 Å². The van der Waals surface area contributed by atoms with Crippen LogP contribution in [-0.2, 0) is 18.9 Å². The fourth-order valence-corrected chi connectivity index (χ4v) is 6.61. The van der Waals surface area contributed by atoms with Gasteiger partial charge in [0.1, 0.15) is 49.4 Å². The number of fused-ring (bicyclic) bond motifs is 2. The average molecular weight is 794 g/mol. The summed E-state index contributed by atoms with van der Waals surface area (Å²) in [5, 5.41) is 2.06. The van der Waals surface area contributed by atoms with Gasteiger partial charge in [-0.15, -0.1) is 0 Å². The van der Waals surface area contributed by atoms with Crippen LogP contribution in [0.3, 0.4) is 0 Å². The molecule has 6 heterocycles. The Labute approximate surface area is 343 Å². The molecule has 0 spiro atoms. The average Bonchev–Trinajstić information content (AvgIpc) is 3.28. The molecule has 302 valence electrons. The van der Waals surface area contributed by atoms with Crippen molar-refractivity contribution in [3.05, 3.63) is 127 Å². The quantitative estimate of drug-likeness (QED) is 0.137. The van der Waals surface area contributed by atoms with Gasteiger partial charge in [0.2, 0.25) is 0 Å². The number of pyridine rings is 3. The van der Waals surface area contributed by atoms with Crippen molar-refractivity contribution in [1.82, 2.24) is 15.0 Å². The van der Waals surface area contributed by atoms with Crippen LogP contribution in [-0.4, -0.2) is 94.2 Å². The van der Waals surface area contributed by atoms with Crippen LogP contribution < -0.4 is 18.9 Å². The summed E-state index contributed by atoms with van der Waals surface area (Å²) in [7, 11) is 0. The smallest absolute Gasteiger partial charge is 0.126 e. The van der Waals surface area contributed by atoms with E-state index in [0.717, 1.165) is 84.1 Å². The first-order valence-corrected chi connectivity index (χ1v) is 20.0. The van der Waals surface area contributed by atoms with Crippen LogP contribution in [0.5, 0.6) is 23.0 Å². The lowest BCUT2D eigenvalue weighted by Crippen LogP contribution is -2.13. The van der Waals surface area contributed by atoms with Crippen LogP contribution in [0.25, 0.3) is 55.6 Å². The second-order valence-electron chi connectivity index (χ2n) is 13.9. The molecule has 10 rings (SSSR count). The molecule has 0 radical (unpaired) electrons. The van der Waals surface area contributed by atoms with E-state index >= 15 is 0 Å². The molecule has 11 heteroatoms. The second-order valence-corrected chi connectivity index (χ2v) is 13.9. The molecule has 4 aromatic carbocycles. The fourth-order valence-electron chi connectivity index (χ4n) is 6.61. The first-order chi connectivity index (χ1) is 29.2. The van der Waals surface area contributed by atoms with Crippen LogP contribution in [0.1, 0.15) is 5.56 Å². The minimum Gasteiger partial charge on any atom is -0.491 e. The van der Waals surface area contributed by atoms with Crippen LogP contribution >= 0.6 is 0 Å². The molecule has 0 unspecified atom stereocenters.